The molecule has 0 saturated carbocycles. The first-order valence-corrected chi connectivity index (χ1v) is 21.9. The lowest BCUT2D eigenvalue weighted by Crippen LogP contribution is -2.12. The second kappa shape index (κ2) is 14.2. The zero-order chi connectivity index (χ0) is 42.3. The molecule has 0 bridgehead atoms. The second-order valence-electron chi connectivity index (χ2n) is 19.0. The van der Waals surface area contributed by atoms with Gasteiger partial charge in [0.2, 0.25) is 0 Å². The molecule has 0 N–H and O–H groups in total. The molecule has 10 aromatic carbocycles. The molecule has 11 rings (SSSR count). The summed E-state index contributed by atoms with van der Waals surface area (Å²) in [6.07, 6.45) is 0. The molecule has 11 aromatic rings. The van der Waals surface area contributed by atoms with Crippen LogP contribution in [0.1, 0.15) is 52.7 Å². The van der Waals surface area contributed by atoms with E-state index in [4.69, 9.17) is 0 Å². The van der Waals surface area contributed by atoms with E-state index in [0.717, 1.165) is 17.1 Å². The third-order valence-corrected chi connectivity index (χ3v) is 13.0. The highest BCUT2D eigenvalue weighted by atomic mass is 15.1. The summed E-state index contributed by atoms with van der Waals surface area (Å²) in [6, 6.07) is 72.2. The molecule has 62 heavy (non-hydrogen) atoms. The van der Waals surface area contributed by atoms with E-state index in [1.165, 1.54) is 93.2 Å². The van der Waals surface area contributed by atoms with Gasteiger partial charge in [-0.15, -0.1) is 0 Å². The van der Waals surface area contributed by atoms with E-state index < -0.39 is 0 Å². The number of para-hydroxylation sites is 1. The van der Waals surface area contributed by atoms with E-state index in [0.29, 0.717) is 0 Å². The lowest BCUT2D eigenvalue weighted by Gasteiger charge is -2.30. The van der Waals surface area contributed by atoms with Gasteiger partial charge in [0.1, 0.15) is 0 Å². The van der Waals surface area contributed by atoms with Gasteiger partial charge in [-0.25, -0.2) is 0 Å². The van der Waals surface area contributed by atoms with Crippen LogP contribution in [0.2, 0.25) is 0 Å². The van der Waals surface area contributed by atoms with Crippen LogP contribution in [0.4, 0.5) is 17.1 Å². The Hall–Kier alpha value is -7.16. The molecule has 0 aliphatic rings. The van der Waals surface area contributed by atoms with Gasteiger partial charge in [-0.1, -0.05) is 181 Å². The fourth-order valence-corrected chi connectivity index (χ4v) is 9.85. The van der Waals surface area contributed by atoms with Crippen LogP contribution in [0.15, 0.2) is 194 Å². The minimum Gasteiger partial charge on any atom is -0.309 e. The Morgan fingerprint density at radius 2 is 0.903 bits per heavy atom. The fraction of sp³-hybridized carbons (Fsp3) is 0.133. The molecule has 300 valence electrons. The molecule has 0 fully saturated rings. The molecule has 0 aliphatic heterocycles. The van der Waals surface area contributed by atoms with E-state index in [1.807, 2.05) is 0 Å². The van der Waals surface area contributed by atoms with Crippen molar-refractivity contribution in [3.63, 3.8) is 0 Å². The molecular formula is C60H50N2. The minimum atomic E-state index is 0.0350. The molecular weight excluding hydrogens is 749 g/mol. The van der Waals surface area contributed by atoms with Crippen LogP contribution in [-0.4, -0.2) is 4.57 Å². The lowest BCUT2D eigenvalue weighted by molar-refractivity contribution is 0.590. The van der Waals surface area contributed by atoms with Crippen LogP contribution >= 0.6 is 0 Å². The van der Waals surface area contributed by atoms with E-state index >= 15 is 0 Å². The lowest BCUT2D eigenvalue weighted by atomic mass is 9.85. The number of anilines is 3. The number of aromatic nitrogens is 1. The van der Waals surface area contributed by atoms with Gasteiger partial charge in [-0.05, 0) is 115 Å². The maximum absolute atomic E-state index is 2.52. The fourth-order valence-electron chi connectivity index (χ4n) is 9.85. The normalized spacial score (nSPS) is 12.4. The molecule has 0 radical (unpaired) electrons. The van der Waals surface area contributed by atoms with Crippen molar-refractivity contribution in [2.45, 2.75) is 52.4 Å². The average Bonchev–Trinajstić information content (AvgIpc) is 3.62. The predicted molar refractivity (Wildman–Crippen MR) is 267 cm³/mol. The van der Waals surface area contributed by atoms with Gasteiger partial charge in [0.15, 0.2) is 0 Å². The zero-order valence-electron chi connectivity index (χ0n) is 36.4. The minimum absolute atomic E-state index is 0.0350. The van der Waals surface area contributed by atoms with Gasteiger partial charge >= 0.3 is 0 Å². The van der Waals surface area contributed by atoms with Crippen molar-refractivity contribution in [1.82, 2.24) is 4.57 Å². The third kappa shape index (κ3) is 6.08. The first kappa shape index (κ1) is 37.8. The third-order valence-electron chi connectivity index (χ3n) is 13.0. The maximum atomic E-state index is 2.52. The number of hydrogen-bond acceptors (Lipinski definition) is 1. The van der Waals surface area contributed by atoms with Gasteiger partial charge in [0.05, 0.1) is 28.1 Å². The Morgan fingerprint density at radius 3 is 1.50 bits per heavy atom. The summed E-state index contributed by atoms with van der Waals surface area (Å²) in [4.78, 5) is 2.48. The summed E-state index contributed by atoms with van der Waals surface area (Å²) >= 11 is 0. The Balaban J connectivity index is 1.19. The highest BCUT2D eigenvalue weighted by Gasteiger charge is 2.25. The summed E-state index contributed by atoms with van der Waals surface area (Å²) in [5, 5.41) is 10.1. The van der Waals surface area contributed by atoms with E-state index in [1.54, 1.807) is 0 Å². The quantitative estimate of drug-likeness (QED) is 0.152. The second-order valence-corrected chi connectivity index (χ2v) is 19.0. The van der Waals surface area contributed by atoms with Crippen molar-refractivity contribution in [3.05, 3.63) is 205 Å². The number of hydrogen-bond donors (Lipinski definition) is 0. The largest absolute Gasteiger partial charge is 0.309 e. The van der Waals surface area contributed by atoms with Crippen LogP contribution in [0.3, 0.4) is 0 Å². The summed E-state index contributed by atoms with van der Waals surface area (Å²) in [5.41, 5.74) is 14.6. The molecule has 0 spiro atoms. The van der Waals surface area contributed by atoms with Crippen LogP contribution < -0.4 is 4.90 Å². The van der Waals surface area contributed by atoms with Crippen molar-refractivity contribution in [1.29, 1.82) is 0 Å². The molecule has 0 amide bonds. The van der Waals surface area contributed by atoms with E-state index in [9.17, 15) is 0 Å². The van der Waals surface area contributed by atoms with Crippen LogP contribution in [0, 0.1) is 0 Å². The first-order chi connectivity index (χ1) is 30.0. The average molecular weight is 799 g/mol. The van der Waals surface area contributed by atoms with Gasteiger partial charge in [-0.2, -0.15) is 0 Å². The van der Waals surface area contributed by atoms with Crippen LogP contribution in [-0.2, 0) is 10.8 Å². The smallest absolute Gasteiger partial charge is 0.0546 e. The van der Waals surface area contributed by atoms with Crippen molar-refractivity contribution < 1.29 is 0 Å². The topological polar surface area (TPSA) is 8.17 Å². The van der Waals surface area contributed by atoms with Gasteiger partial charge < -0.3 is 9.47 Å². The molecule has 1 heterocycles. The van der Waals surface area contributed by atoms with Crippen molar-refractivity contribution in [2.24, 2.45) is 0 Å². The Labute approximate surface area is 364 Å². The molecule has 2 heteroatoms. The molecule has 2 nitrogen and oxygen atoms in total. The van der Waals surface area contributed by atoms with Gasteiger partial charge in [-0.3, -0.25) is 0 Å². The molecule has 0 aliphatic carbocycles. The van der Waals surface area contributed by atoms with Crippen molar-refractivity contribution >= 4 is 71.2 Å². The Bertz CT molecular complexity index is 3380. The zero-order valence-corrected chi connectivity index (χ0v) is 36.4. The number of rotatable bonds is 6. The van der Waals surface area contributed by atoms with Gasteiger partial charge in [0.25, 0.3) is 0 Å². The van der Waals surface area contributed by atoms with E-state index in [-0.39, 0.29) is 10.8 Å². The predicted octanol–water partition coefficient (Wildman–Crippen LogP) is 17.1. The monoisotopic (exact) mass is 798 g/mol. The Kier molecular flexibility index (Phi) is 8.67. The van der Waals surface area contributed by atoms with Crippen molar-refractivity contribution in [3.8, 4) is 27.9 Å². The first-order valence-electron chi connectivity index (χ1n) is 21.9. The summed E-state index contributed by atoms with van der Waals surface area (Å²) < 4.78 is 2.52. The molecule has 0 atom stereocenters. The van der Waals surface area contributed by atoms with E-state index in [2.05, 4.69) is 245 Å². The van der Waals surface area contributed by atoms with Crippen LogP contribution in [0.25, 0.3) is 82.1 Å². The number of benzene rings is 10. The Morgan fingerprint density at radius 1 is 0.387 bits per heavy atom. The van der Waals surface area contributed by atoms with Crippen molar-refractivity contribution in [2.75, 3.05) is 4.90 Å². The molecule has 0 saturated heterocycles. The highest BCUT2D eigenvalue weighted by molar-refractivity contribution is 6.27. The van der Waals surface area contributed by atoms with Gasteiger partial charge in [0, 0.05) is 32.8 Å². The number of fused-ring (bicyclic) bond motifs is 3. The standard InChI is InChI=1S/C60H50N2/c1-59(2,3)43-29-35-53-49(37-43)50-38-44(60(4,5)6)30-36-54(50)62(53)52-34-28-42-25-31-47-51(33-27-41-26-32-48(52)58(42)57(41)47)61(45-21-14-9-15-22-45)55-24-16-23-46(39-17-10-7-11-18-39)56(55)40-19-12-8-13-20-40/h7-38H,1-6H3. The maximum Gasteiger partial charge on any atom is 0.0546 e. The molecule has 1 aromatic heterocycles. The SMILES string of the molecule is CC(C)(C)c1ccc2c(c1)c1cc(C(C)(C)C)ccc1n2-c1ccc2ccc3c(N(c4ccccc4)c4cccc(-c5ccccc5)c4-c4ccccc4)ccc4ccc1c2c43. The summed E-state index contributed by atoms with van der Waals surface area (Å²) in [5.74, 6) is 0. The molecule has 0 unspecified atom stereocenters. The van der Waals surface area contributed by atoms with Crippen LogP contribution in [0.5, 0.6) is 0 Å². The summed E-state index contributed by atoms with van der Waals surface area (Å²) in [6.45, 7) is 13.9. The number of nitrogens with zero attached hydrogens (tertiary/aromatic N) is 2. The summed E-state index contributed by atoms with van der Waals surface area (Å²) in [7, 11) is 0. The highest BCUT2D eigenvalue weighted by Crippen LogP contribution is 2.49.